The van der Waals surface area contributed by atoms with Crippen LogP contribution < -0.4 is 10.1 Å². The molecule has 2 aromatic carbocycles. The molecule has 110 valence electrons. The number of halogens is 5. The summed E-state index contributed by atoms with van der Waals surface area (Å²) >= 11 is 8.24. The number of ether oxygens (including phenoxy) is 1. The van der Waals surface area contributed by atoms with Gasteiger partial charge in [0.25, 0.3) is 0 Å². The third kappa shape index (κ3) is 2.78. The van der Waals surface area contributed by atoms with Crippen molar-refractivity contribution in [2.75, 3.05) is 5.32 Å². The highest BCUT2D eigenvalue weighted by Crippen LogP contribution is 2.44. The average Bonchev–Trinajstić information content (AvgIpc) is 2.87. The van der Waals surface area contributed by atoms with Gasteiger partial charge in [-0.25, -0.2) is 0 Å². The number of fused-ring (bicyclic) bond motifs is 1. The molecule has 1 unspecified atom stereocenters. The summed E-state index contributed by atoms with van der Waals surface area (Å²) in [6, 6.07) is 8.53. The largest absolute Gasteiger partial charge is 0.463 e. The number of anilines is 1. The van der Waals surface area contributed by atoms with E-state index >= 15 is 0 Å². The van der Waals surface area contributed by atoms with E-state index in [9.17, 15) is 13.2 Å². The molecule has 0 aromatic heterocycles. The molecule has 0 spiro atoms. The highest BCUT2D eigenvalue weighted by Gasteiger charge is 2.31. The zero-order valence-electron chi connectivity index (χ0n) is 10.3. The van der Waals surface area contributed by atoms with Gasteiger partial charge < -0.3 is 10.1 Å². The highest BCUT2D eigenvalue weighted by atomic mass is 127. The van der Waals surface area contributed by atoms with E-state index in [0.29, 0.717) is 16.3 Å². The van der Waals surface area contributed by atoms with E-state index in [1.54, 1.807) is 0 Å². The van der Waals surface area contributed by atoms with Gasteiger partial charge in [-0.15, -0.1) is 0 Å². The average molecular weight is 426 g/mol. The normalized spacial score (nSPS) is 17.1. The summed E-state index contributed by atoms with van der Waals surface area (Å²) in [6.45, 7) is 0. The Hall–Kier alpha value is -1.15. The molecule has 1 atom stereocenters. The molecule has 7 heteroatoms. The maximum Gasteiger partial charge on any atom is 0.416 e. The van der Waals surface area contributed by atoms with E-state index in [-0.39, 0.29) is 0 Å². The molecule has 0 amide bonds. The number of hydrogen-bond donors (Lipinski definition) is 1. The Balaban J connectivity index is 1.86. The lowest BCUT2D eigenvalue weighted by Crippen LogP contribution is -2.11. The van der Waals surface area contributed by atoms with E-state index in [1.807, 2.05) is 12.1 Å². The van der Waals surface area contributed by atoms with E-state index in [0.717, 1.165) is 21.4 Å². The van der Waals surface area contributed by atoms with Gasteiger partial charge in [-0.3, -0.25) is 0 Å². The van der Waals surface area contributed by atoms with Gasteiger partial charge in [0, 0.05) is 9.13 Å². The summed E-state index contributed by atoms with van der Waals surface area (Å²) in [4.78, 5) is 0. The number of rotatable bonds is 1. The summed E-state index contributed by atoms with van der Waals surface area (Å²) in [7, 11) is 0. The van der Waals surface area contributed by atoms with E-state index in [2.05, 4.69) is 27.9 Å². The summed E-state index contributed by atoms with van der Waals surface area (Å²) in [6.07, 6.45) is -4.89. The maximum atomic E-state index is 12.5. The third-order valence-electron chi connectivity index (χ3n) is 3.11. The summed E-state index contributed by atoms with van der Waals surface area (Å²) < 4.78 is 44.2. The molecule has 0 saturated carbocycles. The molecule has 0 aliphatic carbocycles. The predicted octanol–water partition coefficient (Wildman–Crippen LogP) is 5.47. The predicted molar refractivity (Wildman–Crippen MR) is 82.6 cm³/mol. The van der Waals surface area contributed by atoms with Crippen LogP contribution in [0.25, 0.3) is 0 Å². The fourth-order valence-corrected chi connectivity index (χ4v) is 2.68. The van der Waals surface area contributed by atoms with Crippen LogP contribution in [0.3, 0.4) is 0 Å². The van der Waals surface area contributed by atoms with Crippen LogP contribution in [-0.2, 0) is 6.18 Å². The van der Waals surface area contributed by atoms with Gasteiger partial charge in [0.2, 0.25) is 0 Å². The van der Waals surface area contributed by atoms with Crippen molar-refractivity contribution in [3.8, 4) is 5.75 Å². The van der Waals surface area contributed by atoms with Crippen molar-refractivity contribution in [1.29, 1.82) is 0 Å². The fourth-order valence-electron chi connectivity index (χ4n) is 2.05. The Morgan fingerprint density at radius 3 is 2.38 bits per heavy atom. The van der Waals surface area contributed by atoms with Gasteiger partial charge in [-0.1, -0.05) is 23.7 Å². The van der Waals surface area contributed by atoms with Crippen LogP contribution in [0.15, 0.2) is 36.4 Å². The Bertz CT molecular complexity index is 688. The molecule has 0 bridgehead atoms. The van der Waals surface area contributed by atoms with Gasteiger partial charge in [0.1, 0.15) is 0 Å². The molecule has 1 heterocycles. The lowest BCUT2D eigenvalue weighted by Gasteiger charge is -2.13. The zero-order valence-corrected chi connectivity index (χ0v) is 13.3. The molecule has 2 nitrogen and oxygen atoms in total. The van der Waals surface area contributed by atoms with Gasteiger partial charge >= 0.3 is 6.18 Å². The third-order valence-corrected chi connectivity index (χ3v) is 4.71. The minimum atomic E-state index is -4.34. The highest BCUT2D eigenvalue weighted by molar-refractivity contribution is 14.1. The molecule has 21 heavy (non-hydrogen) atoms. The van der Waals surface area contributed by atoms with E-state index in [1.165, 1.54) is 12.1 Å². The molecule has 1 aliphatic heterocycles. The second-order valence-corrected chi connectivity index (χ2v) is 6.04. The van der Waals surface area contributed by atoms with Crippen LogP contribution in [0.1, 0.15) is 17.4 Å². The second kappa shape index (κ2) is 5.24. The Kier molecular flexibility index (Phi) is 3.69. The van der Waals surface area contributed by atoms with Gasteiger partial charge in [0.15, 0.2) is 12.0 Å². The van der Waals surface area contributed by atoms with Crippen molar-refractivity contribution >= 4 is 39.9 Å². The smallest absolute Gasteiger partial charge is 0.416 e. The Labute approximate surface area is 137 Å². The molecular weight excluding hydrogens is 418 g/mol. The first kappa shape index (κ1) is 14.8. The first-order chi connectivity index (χ1) is 9.86. The second-order valence-electron chi connectivity index (χ2n) is 4.50. The first-order valence-electron chi connectivity index (χ1n) is 5.94. The maximum absolute atomic E-state index is 12.5. The molecule has 0 fully saturated rings. The van der Waals surface area contributed by atoms with Gasteiger partial charge in [0.05, 0.1) is 16.3 Å². The van der Waals surface area contributed by atoms with Crippen LogP contribution in [0.4, 0.5) is 18.9 Å². The Morgan fingerprint density at radius 2 is 1.76 bits per heavy atom. The molecule has 1 N–H and O–H groups in total. The van der Waals surface area contributed by atoms with Crippen molar-refractivity contribution in [2.24, 2.45) is 0 Å². The summed E-state index contributed by atoms with van der Waals surface area (Å²) in [5.74, 6) is 0.522. The number of hydrogen-bond acceptors (Lipinski definition) is 2. The van der Waals surface area contributed by atoms with Crippen molar-refractivity contribution in [2.45, 2.75) is 12.4 Å². The van der Waals surface area contributed by atoms with Crippen LogP contribution in [0.5, 0.6) is 5.75 Å². The van der Waals surface area contributed by atoms with Crippen LogP contribution in [-0.4, -0.2) is 0 Å². The molecule has 1 aliphatic rings. The van der Waals surface area contributed by atoms with Crippen molar-refractivity contribution in [3.05, 3.63) is 56.1 Å². The Morgan fingerprint density at radius 1 is 1.10 bits per heavy atom. The first-order valence-corrected chi connectivity index (χ1v) is 7.40. The van der Waals surface area contributed by atoms with Crippen molar-refractivity contribution in [3.63, 3.8) is 0 Å². The van der Waals surface area contributed by atoms with E-state index in [4.69, 9.17) is 16.3 Å². The van der Waals surface area contributed by atoms with Crippen LogP contribution in [0.2, 0.25) is 5.02 Å². The number of alkyl halides is 3. The van der Waals surface area contributed by atoms with E-state index < -0.39 is 18.0 Å². The lowest BCUT2D eigenvalue weighted by atomic mass is 10.1. The number of nitrogens with one attached hydrogen (secondary N) is 1. The number of benzene rings is 2. The lowest BCUT2D eigenvalue weighted by molar-refractivity contribution is -0.137. The quantitative estimate of drug-likeness (QED) is 0.612. The topological polar surface area (TPSA) is 21.3 Å². The van der Waals surface area contributed by atoms with Crippen LogP contribution >= 0.6 is 34.2 Å². The standard InChI is InChI=1S/C14H8ClF3INO/c15-11-9(19)5-6-10-12(11)21-13(20-10)7-1-3-8(4-2-7)14(16,17)18/h1-6,13,20H. The molecule has 0 radical (unpaired) electrons. The van der Waals surface area contributed by atoms with Gasteiger partial charge in [-0.2, -0.15) is 13.2 Å². The fraction of sp³-hybridized carbons (Fsp3) is 0.143. The SMILES string of the molecule is FC(F)(F)c1ccc(C2Nc3ccc(I)c(Cl)c3O2)cc1. The minimum Gasteiger partial charge on any atom is -0.463 e. The minimum absolute atomic E-state index is 0.495. The van der Waals surface area contributed by atoms with Crippen molar-refractivity contribution in [1.82, 2.24) is 0 Å². The van der Waals surface area contributed by atoms with Crippen LogP contribution in [0, 0.1) is 3.57 Å². The molecular formula is C14H8ClF3INO. The molecule has 2 aromatic rings. The molecule has 3 rings (SSSR count). The van der Waals surface area contributed by atoms with Gasteiger partial charge in [-0.05, 0) is 46.9 Å². The summed E-state index contributed by atoms with van der Waals surface area (Å²) in [5, 5.41) is 3.58. The molecule has 0 saturated heterocycles. The van der Waals surface area contributed by atoms with Crippen molar-refractivity contribution < 1.29 is 17.9 Å². The monoisotopic (exact) mass is 425 g/mol. The zero-order chi connectivity index (χ0) is 15.2. The summed E-state index contributed by atoms with van der Waals surface area (Å²) in [5.41, 5.74) is 0.643.